The molecule has 7 heteroatoms. The average molecular weight is 401 g/mol. The van der Waals surface area contributed by atoms with E-state index < -0.39 is 10.0 Å². The topological polar surface area (TPSA) is 65.1 Å². The molecule has 0 saturated heterocycles. The first-order valence-corrected chi connectivity index (χ1v) is 10.1. The predicted octanol–water partition coefficient (Wildman–Crippen LogP) is 3.69. The Kier molecular flexibility index (Phi) is 5.76. The van der Waals surface area contributed by atoms with Crippen LogP contribution in [0.3, 0.4) is 0 Å². The van der Waals surface area contributed by atoms with Crippen LogP contribution in [0.15, 0.2) is 59.5 Å². The van der Waals surface area contributed by atoms with Crippen molar-refractivity contribution in [3.63, 3.8) is 0 Å². The molecule has 0 heterocycles. The van der Waals surface area contributed by atoms with Gasteiger partial charge in [0, 0.05) is 19.2 Å². The summed E-state index contributed by atoms with van der Waals surface area (Å²) in [6.07, 6.45) is 0. The summed E-state index contributed by atoms with van der Waals surface area (Å²) in [5, 5.41) is 1.87. The minimum atomic E-state index is -3.68. The van der Waals surface area contributed by atoms with Crippen molar-refractivity contribution in [1.29, 1.82) is 0 Å². The first-order chi connectivity index (χ1) is 13.4. The number of hydrogen-bond acceptors (Lipinski definition) is 5. The summed E-state index contributed by atoms with van der Waals surface area (Å²) in [5.41, 5.74) is 0.673. The van der Waals surface area contributed by atoms with E-state index in [9.17, 15) is 8.42 Å². The fraction of sp³-hybridized carbons (Fsp3) is 0.238. The van der Waals surface area contributed by atoms with Crippen molar-refractivity contribution >= 4 is 20.8 Å². The van der Waals surface area contributed by atoms with Crippen LogP contribution in [0.2, 0.25) is 0 Å². The molecule has 28 heavy (non-hydrogen) atoms. The van der Waals surface area contributed by atoms with Crippen molar-refractivity contribution in [3.05, 3.63) is 60.2 Å². The zero-order chi connectivity index (χ0) is 20.3. The maximum absolute atomic E-state index is 13.1. The molecule has 0 N–H and O–H groups in total. The number of benzene rings is 3. The summed E-state index contributed by atoms with van der Waals surface area (Å²) in [6.45, 7) is 0.124. The summed E-state index contributed by atoms with van der Waals surface area (Å²) >= 11 is 0. The molecule has 0 atom stereocenters. The van der Waals surface area contributed by atoms with E-state index in [1.165, 1.54) is 25.6 Å². The summed E-state index contributed by atoms with van der Waals surface area (Å²) < 4.78 is 43.6. The highest BCUT2D eigenvalue weighted by Crippen LogP contribution is 2.40. The number of rotatable bonds is 7. The van der Waals surface area contributed by atoms with Gasteiger partial charge in [0.2, 0.25) is 15.8 Å². The molecule has 148 valence electrons. The van der Waals surface area contributed by atoms with E-state index in [0.29, 0.717) is 22.8 Å². The van der Waals surface area contributed by atoms with Gasteiger partial charge in [-0.25, -0.2) is 8.42 Å². The van der Waals surface area contributed by atoms with Gasteiger partial charge in [0.05, 0.1) is 26.2 Å². The third-order valence-corrected chi connectivity index (χ3v) is 6.41. The monoisotopic (exact) mass is 401 g/mol. The first kappa shape index (κ1) is 20.0. The van der Waals surface area contributed by atoms with E-state index in [4.69, 9.17) is 14.2 Å². The molecule has 0 aliphatic rings. The van der Waals surface area contributed by atoms with Gasteiger partial charge >= 0.3 is 0 Å². The van der Waals surface area contributed by atoms with Crippen molar-refractivity contribution in [3.8, 4) is 17.2 Å². The van der Waals surface area contributed by atoms with Gasteiger partial charge in [0.15, 0.2) is 11.5 Å². The Hall–Kier alpha value is -2.77. The molecule has 0 unspecified atom stereocenters. The minimum Gasteiger partial charge on any atom is -0.493 e. The third-order valence-electron chi connectivity index (χ3n) is 4.61. The molecule has 3 aromatic carbocycles. The average Bonchev–Trinajstić information content (AvgIpc) is 2.72. The van der Waals surface area contributed by atoms with Crippen LogP contribution in [0.4, 0.5) is 0 Å². The fourth-order valence-corrected chi connectivity index (χ4v) is 4.31. The van der Waals surface area contributed by atoms with Gasteiger partial charge in [-0.15, -0.1) is 0 Å². The lowest BCUT2D eigenvalue weighted by molar-refractivity contribution is 0.319. The summed E-state index contributed by atoms with van der Waals surface area (Å²) in [6, 6.07) is 16.3. The van der Waals surface area contributed by atoms with Gasteiger partial charge in [-0.05, 0) is 29.0 Å². The highest BCUT2D eigenvalue weighted by molar-refractivity contribution is 7.89. The number of sulfonamides is 1. The Morgan fingerprint density at radius 3 is 2.14 bits per heavy atom. The molecule has 0 amide bonds. The van der Waals surface area contributed by atoms with Crippen LogP contribution < -0.4 is 14.2 Å². The smallest absolute Gasteiger partial charge is 0.243 e. The number of nitrogens with zero attached hydrogens (tertiary/aromatic N) is 1. The molecule has 0 fully saturated rings. The molecule has 0 bridgehead atoms. The quantitative estimate of drug-likeness (QED) is 0.604. The standard InChI is InChI=1S/C21H23NO5S/c1-22(14-17-10-12-19(25-2)21(27-4)20(17)26-3)28(23,24)18-11-9-15-7-5-6-8-16(15)13-18/h5-13H,14H2,1-4H3. The number of methoxy groups -OCH3 is 3. The molecule has 0 aliphatic heterocycles. The van der Waals surface area contributed by atoms with Gasteiger partial charge in [-0.3, -0.25) is 0 Å². The van der Waals surface area contributed by atoms with Crippen LogP contribution in [0.1, 0.15) is 5.56 Å². The lowest BCUT2D eigenvalue weighted by Gasteiger charge is -2.21. The van der Waals surface area contributed by atoms with Crippen molar-refractivity contribution in [2.45, 2.75) is 11.4 Å². The minimum absolute atomic E-state index is 0.124. The number of fused-ring (bicyclic) bond motifs is 1. The SMILES string of the molecule is COc1ccc(CN(C)S(=O)(=O)c2ccc3ccccc3c2)c(OC)c1OC. The Balaban J connectivity index is 1.96. The van der Waals surface area contributed by atoms with Gasteiger partial charge in [0.25, 0.3) is 0 Å². The van der Waals surface area contributed by atoms with Crippen LogP contribution in [-0.2, 0) is 16.6 Å². The van der Waals surface area contributed by atoms with Gasteiger partial charge < -0.3 is 14.2 Å². The molecule has 0 aromatic heterocycles. The van der Waals surface area contributed by atoms with Gasteiger partial charge in [-0.1, -0.05) is 36.4 Å². The zero-order valence-electron chi connectivity index (χ0n) is 16.3. The molecular weight excluding hydrogens is 378 g/mol. The summed E-state index contributed by atoms with van der Waals surface area (Å²) in [5.74, 6) is 1.39. The maximum atomic E-state index is 13.1. The van der Waals surface area contributed by atoms with Crippen LogP contribution in [0.5, 0.6) is 17.2 Å². The van der Waals surface area contributed by atoms with Crippen LogP contribution in [-0.4, -0.2) is 41.1 Å². The molecule has 6 nitrogen and oxygen atoms in total. The van der Waals surface area contributed by atoms with Crippen molar-refractivity contribution in [1.82, 2.24) is 4.31 Å². The number of hydrogen-bond donors (Lipinski definition) is 0. The van der Waals surface area contributed by atoms with Crippen LogP contribution in [0, 0.1) is 0 Å². The molecule has 0 spiro atoms. The van der Waals surface area contributed by atoms with E-state index in [1.807, 2.05) is 30.3 Å². The maximum Gasteiger partial charge on any atom is 0.243 e. The molecule has 3 rings (SSSR count). The van der Waals surface area contributed by atoms with E-state index >= 15 is 0 Å². The Morgan fingerprint density at radius 1 is 0.821 bits per heavy atom. The van der Waals surface area contributed by atoms with Crippen LogP contribution in [0.25, 0.3) is 10.8 Å². The van der Waals surface area contributed by atoms with Crippen molar-refractivity contribution in [2.75, 3.05) is 28.4 Å². The molecular formula is C21H23NO5S. The van der Waals surface area contributed by atoms with Crippen molar-refractivity contribution < 1.29 is 22.6 Å². The fourth-order valence-electron chi connectivity index (χ4n) is 3.12. The van der Waals surface area contributed by atoms with Crippen molar-refractivity contribution in [2.24, 2.45) is 0 Å². The van der Waals surface area contributed by atoms with E-state index in [0.717, 1.165) is 10.8 Å². The normalized spacial score (nSPS) is 11.6. The highest BCUT2D eigenvalue weighted by atomic mass is 32.2. The van der Waals surface area contributed by atoms with E-state index in [-0.39, 0.29) is 11.4 Å². The predicted molar refractivity (Wildman–Crippen MR) is 109 cm³/mol. The Bertz CT molecular complexity index is 1100. The Labute approximate surface area is 165 Å². The number of ether oxygens (including phenoxy) is 3. The molecule has 3 aromatic rings. The second kappa shape index (κ2) is 8.08. The van der Waals surface area contributed by atoms with E-state index in [1.54, 1.807) is 31.3 Å². The second-order valence-electron chi connectivity index (χ2n) is 6.26. The Morgan fingerprint density at radius 2 is 1.50 bits per heavy atom. The molecule has 0 radical (unpaired) electrons. The highest BCUT2D eigenvalue weighted by Gasteiger charge is 2.24. The molecule has 0 aliphatic carbocycles. The zero-order valence-corrected chi connectivity index (χ0v) is 17.1. The summed E-state index contributed by atoms with van der Waals surface area (Å²) in [7, 11) is 2.42. The molecule has 0 saturated carbocycles. The van der Waals surface area contributed by atoms with E-state index in [2.05, 4.69) is 0 Å². The first-order valence-electron chi connectivity index (χ1n) is 8.65. The third kappa shape index (κ3) is 3.63. The lowest BCUT2D eigenvalue weighted by Crippen LogP contribution is -2.26. The van der Waals surface area contributed by atoms with Crippen LogP contribution >= 0.6 is 0 Å². The second-order valence-corrected chi connectivity index (χ2v) is 8.31. The lowest BCUT2D eigenvalue weighted by atomic mass is 10.1. The summed E-state index contributed by atoms with van der Waals surface area (Å²) in [4.78, 5) is 0.244. The van der Waals surface area contributed by atoms with Gasteiger partial charge in [0.1, 0.15) is 0 Å². The van der Waals surface area contributed by atoms with Gasteiger partial charge in [-0.2, -0.15) is 4.31 Å². The largest absolute Gasteiger partial charge is 0.493 e.